The maximum Gasteiger partial charge on any atom is 0.271 e. The molecule has 0 aliphatic rings. The molecule has 0 bridgehead atoms. The Bertz CT molecular complexity index is 1390. The van der Waals surface area contributed by atoms with Crippen LogP contribution in [0, 0.1) is 18.6 Å². The average Bonchev–Trinajstić information content (AvgIpc) is 2.78. The van der Waals surface area contributed by atoms with Gasteiger partial charge >= 0.3 is 0 Å². The lowest BCUT2D eigenvalue weighted by atomic mass is 10.1. The summed E-state index contributed by atoms with van der Waals surface area (Å²) in [6.07, 6.45) is 1.41. The van der Waals surface area contributed by atoms with Crippen LogP contribution in [0.5, 0.6) is 5.88 Å². The number of aromatic hydroxyl groups is 1. The Kier molecular flexibility index (Phi) is 5.64. The van der Waals surface area contributed by atoms with Gasteiger partial charge < -0.3 is 5.11 Å². The van der Waals surface area contributed by atoms with E-state index in [1.54, 1.807) is 12.1 Å². The van der Waals surface area contributed by atoms with Crippen LogP contribution in [0.2, 0.25) is 0 Å². The molecule has 0 saturated heterocycles. The number of benzene rings is 3. The van der Waals surface area contributed by atoms with Crippen LogP contribution in [-0.2, 0) is 0 Å². The van der Waals surface area contributed by atoms with E-state index >= 15 is 0 Å². The molecule has 0 aliphatic heterocycles. The van der Waals surface area contributed by atoms with Crippen LogP contribution >= 0.6 is 12.2 Å². The second kappa shape index (κ2) is 8.53. The molecule has 31 heavy (non-hydrogen) atoms. The topological polar surface area (TPSA) is 59.5 Å². The van der Waals surface area contributed by atoms with Crippen molar-refractivity contribution in [2.24, 2.45) is 4.99 Å². The van der Waals surface area contributed by atoms with E-state index in [0.29, 0.717) is 11.4 Å². The highest BCUT2D eigenvalue weighted by Gasteiger charge is 2.18. The zero-order valence-corrected chi connectivity index (χ0v) is 18.0. The van der Waals surface area contributed by atoms with Crippen LogP contribution < -0.4 is 5.56 Å². The Morgan fingerprint density at radius 2 is 1.42 bits per heavy atom. The first kappa shape index (κ1) is 20.5. The highest BCUT2D eigenvalue weighted by Crippen LogP contribution is 2.24. The maximum absolute atomic E-state index is 13.4. The summed E-state index contributed by atoms with van der Waals surface area (Å²) in [4.78, 5) is 17.9. The van der Waals surface area contributed by atoms with Gasteiger partial charge in [0, 0.05) is 6.21 Å². The average molecular weight is 428 g/mol. The molecule has 0 fully saturated rings. The van der Waals surface area contributed by atoms with E-state index < -0.39 is 5.56 Å². The monoisotopic (exact) mass is 427 g/mol. The van der Waals surface area contributed by atoms with E-state index in [9.17, 15) is 9.90 Å². The largest absolute Gasteiger partial charge is 0.494 e. The lowest BCUT2D eigenvalue weighted by Crippen LogP contribution is -2.27. The fraction of sp³-hybridized carbons (Fsp3) is 0.0800. The summed E-state index contributed by atoms with van der Waals surface area (Å²) in [6, 6.07) is 24.1. The fourth-order valence-corrected chi connectivity index (χ4v) is 3.73. The van der Waals surface area contributed by atoms with Crippen LogP contribution in [0.1, 0.15) is 16.7 Å². The van der Waals surface area contributed by atoms with Crippen molar-refractivity contribution in [1.29, 1.82) is 0 Å². The quantitative estimate of drug-likeness (QED) is 0.349. The van der Waals surface area contributed by atoms with Crippen molar-refractivity contribution in [2.45, 2.75) is 13.8 Å². The molecule has 3 aromatic carbocycles. The molecule has 0 saturated carbocycles. The normalized spacial score (nSPS) is 11.2. The maximum atomic E-state index is 13.4. The minimum absolute atomic E-state index is 0.0576. The molecule has 1 aromatic heterocycles. The Morgan fingerprint density at radius 1 is 0.839 bits per heavy atom. The molecule has 5 nitrogen and oxygen atoms in total. The van der Waals surface area contributed by atoms with Crippen molar-refractivity contribution in [3.63, 3.8) is 0 Å². The van der Waals surface area contributed by atoms with Crippen LogP contribution in [0.15, 0.2) is 88.6 Å². The van der Waals surface area contributed by atoms with Gasteiger partial charge in [0.2, 0.25) is 5.88 Å². The first-order chi connectivity index (χ1) is 15.0. The molecule has 4 aromatic rings. The molecule has 1 N–H and O–H groups in total. The molecule has 0 spiro atoms. The third-order valence-corrected chi connectivity index (χ3v) is 5.57. The Balaban J connectivity index is 2.01. The molecular weight excluding hydrogens is 406 g/mol. The molecule has 0 aliphatic carbocycles. The summed E-state index contributed by atoms with van der Waals surface area (Å²) in [7, 11) is 0. The molecule has 0 unspecified atom stereocenters. The van der Waals surface area contributed by atoms with Gasteiger partial charge in [-0.3, -0.25) is 18.9 Å². The number of hydrogen-bond donors (Lipinski definition) is 1. The molecule has 154 valence electrons. The number of para-hydroxylation sites is 2. The van der Waals surface area contributed by atoms with Crippen molar-refractivity contribution in [3.05, 3.63) is 111 Å². The third-order valence-electron chi connectivity index (χ3n) is 5.21. The van der Waals surface area contributed by atoms with Gasteiger partial charge in [0.25, 0.3) is 5.56 Å². The second-order valence-electron chi connectivity index (χ2n) is 7.14. The van der Waals surface area contributed by atoms with Gasteiger partial charge in [0.1, 0.15) is 5.56 Å². The van der Waals surface area contributed by atoms with E-state index in [1.807, 2.05) is 80.6 Å². The molecule has 0 radical (unpaired) electrons. The minimum atomic E-state index is -0.435. The molecule has 0 atom stereocenters. The van der Waals surface area contributed by atoms with Gasteiger partial charge in [-0.25, -0.2) is 0 Å². The van der Waals surface area contributed by atoms with Crippen molar-refractivity contribution in [2.75, 3.05) is 0 Å². The lowest BCUT2D eigenvalue weighted by molar-refractivity contribution is 0.430. The minimum Gasteiger partial charge on any atom is -0.494 e. The van der Waals surface area contributed by atoms with Crippen LogP contribution in [0.25, 0.3) is 11.4 Å². The summed E-state index contributed by atoms with van der Waals surface area (Å²) in [5.41, 5.74) is 3.73. The van der Waals surface area contributed by atoms with Gasteiger partial charge in [-0.05, 0) is 67.5 Å². The summed E-state index contributed by atoms with van der Waals surface area (Å²) in [5.74, 6) is -0.248. The van der Waals surface area contributed by atoms with Crippen LogP contribution in [-0.4, -0.2) is 20.5 Å². The van der Waals surface area contributed by atoms with Crippen LogP contribution in [0.4, 0.5) is 5.69 Å². The zero-order valence-electron chi connectivity index (χ0n) is 17.2. The third kappa shape index (κ3) is 3.85. The van der Waals surface area contributed by atoms with Gasteiger partial charge in [0.15, 0.2) is 4.77 Å². The van der Waals surface area contributed by atoms with Crippen molar-refractivity contribution < 1.29 is 5.11 Å². The van der Waals surface area contributed by atoms with Crippen LogP contribution in [0.3, 0.4) is 0 Å². The smallest absolute Gasteiger partial charge is 0.271 e. The van der Waals surface area contributed by atoms with E-state index in [1.165, 1.54) is 15.3 Å². The molecule has 0 amide bonds. The number of aliphatic imine (C=N–C) groups is 1. The zero-order chi connectivity index (χ0) is 22.0. The predicted molar refractivity (Wildman–Crippen MR) is 127 cm³/mol. The summed E-state index contributed by atoms with van der Waals surface area (Å²) in [5, 5.41) is 11.1. The number of rotatable bonds is 4. The van der Waals surface area contributed by atoms with Gasteiger partial charge in [-0.15, -0.1) is 0 Å². The summed E-state index contributed by atoms with van der Waals surface area (Å²) < 4.78 is 3.06. The first-order valence-corrected chi connectivity index (χ1v) is 10.2. The molecule has 1 heterocycles. The Hall–Kier alpha value is -3.77. The summed E-state index contributed by atoms with van der Waals surface area (Å²) in [6.45, 7) is 3.98. The number of aromatic nitrogens is 2. The van der Waals surface area contributed by atoms with E-state index in [2.05, 4.69) is 4.99 Å². The Labute approximate surface area is 185 Å². The van der Waals surface area contributed by atoms with Gasteiger partial charge in [0.05, 0.1) is 17.1 Å². The Morgan fingerprint density at radius 3 is 2.03 bits per heavy atom. The van der Waals surface area contributed by atoms with Gasteiger partial charge in [-0.1, -0.05) is 48.5 Å². The van der Waals surface area contributed by atoms with Crippen molar-refractivity contribution in [1.82, 2.24) is 9.13 Å². The highest BCUT2D eigenvalue weighted by atomic mass is 32.1. The fourth-order valence-electron chi connectivity index (χ4n) is 3.35. The number of hydrogen-bond acceptors (Lipinski definition) is 4. The predicted octanol–water partition coefficient (Wildman–Crippen LogP) is 5.43. The molecule has 4 rings (SSSR count). The van der Waals surface area contributed by atoms with E-state index in [-0.39, 0.29) is 16.2 Å². The van der Waals surface area contributed by atoms with Crippen molar-refractivity contribution in [3.8, 4) is 17.3 Å². The molecular formula is C25H21N3O2S. The second-order valence-corrected chi connectivity index (χ2v) is 7.51. The SMILES string of the molecule is Cc1cccc(N=Cc2c(O)n(-c3ccccc3)c(=S)n(-c3ccccc3)c2=O)c1C. The van der Waals surface area contributed by atoms with E-state index in [0.717, 1.165) is 16.8 Å². The standard InChI is InChI=1S/C25H21N3O2S/c1-17-10-9-15-22(18(17)2)26-16-21-23(29)27(19-11-5-3-6-12-19)25(31)28(24(21)30)20-13-7-4-8-14-20/h3-16,29H,1-2H3. The highest BCUT2D eigenvalue weighted by molar-refractivity contribution is 7.71. The first-order valence-electron chi connectivity index (χ1n) is 9.81. The summed E-state index contributed by atoms with van der Waals surface area (Å²) >= 11 is 5.63. The molecule has 6 heteroatoms. The number of nitrogens with zero attached hydrogens (tertiary/aromatic N) is 3. The van der Waals surface area contributed by atoms with E-state index in [4.69, 9.17) is 12.2 Å². The van der Waals surface area contributed by atoms with Gasteiger partial charge in [-0.2, -0.15) is 0 Å². The van der Waals surface area contributed by atoms with Crippen molar-refractivity contribution >= 4 is 24.1 Å². The number of aryl methyl sites for hydroxylation is 1. The lowest BCUT2D eigenvalue weighted by Gasteiger charge is -2.16.